The summed E-state index contributed by atoms with van der Waals surface area (Å²) in [6.45, 7) is 4.83. The van der Waals surface area contributed by atoms with Gasteiger partial charge in [-0.25, -0.2) is 4.39 Å². The Labute approximate surface area is 83.3 Å². The molecule has 0 saturated heterocycles. The molecule has 0 radical (unpaired) electrons. The Bertz CT molecular complexity index is 349. The normalized spacial score (nSPS) is 28.9. The van der Waals surface area contributed by atoms with Crippen LogP contribution in [0.3, 0.4) is 0 Å². The number of hydrogen-bond acceptors (Lipinski definition) is 2. The minimum absolute atomic E-state index is 0.101. The monoisotopic (exact) mass is 194 g/mol. The van der Waals surface area contributed by atoms with Crippen LogP contribution >= 0.6 is 0 Å². The van der Waals surface area contributed by atoms with Crippen LogP contribution in [0.2, 0.25) is 0 Å². The average molecular weight is 194 g/mol. The van der Waals surface area contributed by atoms with E-state index in [9.17, 15) is 4.39 Å². The van der Waals surface area contributed by atoms with Gasteiger partial charge in [0.2, 0.25) is 0 Å². The van der Waals surface area contributed by atoms with Gasteiger partial charge in [-0.2, -0.15) is 0 Å². The summed E-state index contributed by atoms with van der Waals surface area (Å²) in [6, 6.07) is 3.08. The fourth-order valence-corrected chi connectivity index (χ4v) is 2.35. The molecule has 3 heteroatoms. The molecule has 2 atom stereocenters. The molecule has 0 bridgehead atoms. The van der Waals surface area contributed by atoms with Crippen LogP contribution in [0.1, 0.15) is 25.5 Å². The quantitative estimate of drug-likeness (QED) is 0.781. The van der Waals surface area contributed by atoms with E-state index >= 15 is 0 Å². The molecule has 1 aliphatic rings. The lowest BCUT2D eigenvalue weighted by Crippen LogP contribution is -2.05. The van der Waals surface area contributed by atoms with Gasteiger partial charge in [0.15, 0.2) is 0 Å². The third-order valence-electron chi connectivity index (χ3n) is 3.39. The number of hydrogen-bond donors (Lipinski definition) is 1. The third-order valence-corrected chi connectivity index (χ3v) is 3.39. The van der Waals surface area contributed by atoms with Gasteiger partial charge >= 0.3 is 0 Å². The maximum Gasteiger partial charge on any atom is 0.145 e. The topological polar surface area (TPSA) is 38.9 Å². The summed E-state index contributed by atoms with van der Waals surface area (Å²) in [5.41, 5.74) is 6.31. The van der Waals surface area contributed by atoms with Gasteiger partial charge in [0, 0.05) is 12.1 Å². The van der Waals surface area contributed by atoms with E-state index in [-0.39, 0.29) is 17.2 Å². The van der Waals surface area contributed by atoms with Crippen molar-refractivity contribution in [1.82, 2.24) is 4.98 Å². The second-order valence-electron chi connectivity index (χ2n) is 4.51. The van der Waals surface area contributed by atoms with Gasteiger partial charge in [-0.3, -0.25) is 4.98 Å². The van der Waals surface area contributed by atoms with Crippen molar-refractivity contribution in [3.05, 3.63) is 29.8 Å². The molecule has 1 aliphatic carbocycles. The van der Waals surface area contributed by atoms with Crippen LogP contribution in [0, 0.1) is 17.2 Å². The van der Waals surface area contributed by atoms with E-state index < -0.39 is 0 Å². The Morgan fingerprint density at radius 3 is 2.79 bits per heavy atom. The highest BCUT2D eigenvalue weighted by atomic mass is 19.1. The molecule has 2 nitrogen and oxygen atoms in total. The highest BCUT2D eigenvalue weighted by Crippen LogP contribution is 2.63. The van der Waals surface area contributed by atoms with Crippen molar-refractivity contribution < 1.29 is 4.39 Å². The summed E-state index contributed by atoms with van der Waals surface area (Å²) >= 11 is 0. The highest BCUT2D eigenvalue weighted by molar-refractivity contribution is 5.27. The second kappa shape index (κ2) is 3.02. The molecule has 0 aliphatic heterocycles. The van der Waals surface area contributed by atoms with Crippen LogP contribution in [0.25, 0.3) is 0 Å². The van der Waals surface area contributed by atoms with Crippen LogP contribution < -0.4 is 5.73 Å². The number of pyridine rings is 1. The maximum absolute atomic E-state index is 13.4. The number of aromatic nitrogens is 1. The lowest BCUT2D eigenvalue weighted by Gasteiger charge is -2.02. The molecule has 1 heterocycles. The zero-order valence-electron chi connectivity index (χ0n) is 8.50. The first-order valence-corrected chi connectivity index (χ1v) is 4.89. The van der Waals surface area contributed by atoms with Crippen LogP contribution in [-0.2, 0) is 0 Å². The van der Waals surface area contributed by atoms with Crippen molar-refractivity contribution in [3.63, 3.8) is 0 Å². The van der Waals surface area contributed by atoms with Crippen LogP contribution in [-0.4, -0.2) is 11.5 Å². The van der Waals surface area contributed by atoms with Gasteiger partial charge in [-0.1, -0.05) is 13.8 Å². The Hall–Kier alpha value is -0.960. The standard InChI is InChI=1S/C11H15FN2/c1-11(2)7(6-13)9(11)10-8(12)4-3-5-14-10/h3-5,7,9H,6,13H2,1-2H3/t7-,9+/m1/s1. The van der Waals surface area contributed by atoms with E-state index in [2.05, 4.69) is 18.8 Å². The predicted molar refractivity (Wildman–Crippen MR) is 53.3 cm³/mol. The second-order valence-corrected chi connectivity index (χ2v) is 4.51. The molecule has 0 unspecified atom stereocenters. The van der Waals surface area contributed by atoms with Crippen molar-refractivity contribution in [1.29, 1.82) is 0 Å². The molecule has 1 aromatic rings. The van der Waals surface area contributed by atoms with Crippen molar-refractivity contribution in [2.45, 2.75) is 19.8 Å². The van der Waals surface area contributed by atoms with Crippen molar-refractivity contribution in [2.75, 3.05) is 6.54 Å². The largest absolute Gasteiger partial charge is 0.330 e. The number of nitrogens with two attached hydrogens (primary N) is 1. The van der Waals surface area contributed by atoms with Gasteiger partial charge in [-0.15, -0.1) is 0 Å². The molecule has 1 aromatic heterocycles. The summed E-state index contributed by atoms with van der Waals surface area (Å²) in [5, 5.41) is 0. The van der Waals surface area contributed by atoms with Crippen LogP contribution in [0.15, 0.2) is 18.3 Å². The van der Waals surface area contributed by atoms with E-state index in [1.165, 1.54) is 6.07 Å². The van der Waals surface area contributed by atoms with Gasteiger partial charge in [0.1, 0.15) is 5.82 Å². The third kappa shape index (κ3) is 1.23. The van der Waals surface area contributed by atoms with Crippen LogP contribution in [0.5, 0.6) is 0 Å². The molecule has 0 aromatic carbocycles. The Kier molecular flexibility index (Phi) is 2.07. The van der Waals surface area contributed by atoms with Gasteiger partial charge < -0.3 is 5.73 Å². The van der Waals surface area contributed by atoms with E-state index in [0.29, 0.717) is 18.2 Å². The first-order chi connectivity index (χ1) is 6.59. The molecule has 0 spiro atoms. The Balaban J connectivity index is 2.31. The summed E-state index contributed by atoms with van der Waals surface area (Å²) in [5.74, 6) is 0.349. The summed E-state index contributed by atoms with van der Waals surface area (Å²) < 4.78 is 13.4. The van der Waals surface area contributed by atoms with E-state index in [0.717, 1.165) is 0 Å². The van der Waals surface area contributed by atoms with Gasteiger partial charge in [0.25, 0.3) is 0 Å². The minimum atomic E-state index is -0.207. The number of halogens is 1. The first-order valence-electron chi connectivity index (χ1n) is 4.89. The molecule has 0 amide bonds. The van der Waals surface area contributed by atoms with E-state index in [1.54, 1.807) is 12.3 Å². The fourth-order valence-electron chi connectivity index (χ4n) is 2.35. The smallest absolute Gasteiger partial charge is 0.145 e. The zero-order chi connectivity index (χ0) is 10.3. The molecule has 1 fully saturated rings. The number of nitrogens with zero attached hydrogens (tertiary/aromatic N) is 1. The zero-order valence-corrected chi connectivity index (χ0v) is 8.50. The van der Waals surface area contributed by atoms with Crippen LogP contribution in [0.4, 0.5) is 4.39 Å². The molecular formula is C11H15FN2. The van der Waals surface area contributed by atoms with E-state index in [4.69, 9.17) is 5.73 Å². The summed E-state index contributed by atoms with van der Waals surface area (Å²) in [4.78, 5) is 4.10. The molecule has 2 N–H and O–H groups in total. The lowest BCUT2D eigenvalue weighted by molar-refractivity contribution is 0.546. The molecule has 2 rings (SSSR count). The maximum atomic E-state index is 13.4. The average Bonchev–Trinajstić information content (AvgIpc) is 2.69. The lowest BCUT2D eigenvalue weighted by atomic mass is 10.1. The summed E-state index contributed by atoms with van der Waals surface area (Å²) in [6.07, 6.45) is 1.64. The fraction of sp³-hybridized carbons (Fsp3) is 0.545. The van der Waals surface area contributed by atoms with Crippen molar-refractivity contribution in [2.24, 2.45) is 17.1 Å². The van der Waals surface area contributed by atoms with Crippen molar-refractivity contribution >= 4 is 0 Å². The number of rotatable bonds is 2. The van der Waals surface area contributed by atoms with Gasteiger partial charge in [-0.05, 0) is 30.0 Å². The first kappa shape index (κ1) is 9.59. The Morgan fingerprint density at radius 2 is 2.29 bits per heavy atom. The molecular weight excluding hydrogens is 179 g/mol. The molecule has 1 saturated carbocycles. The predicted octanol–water partition coefficient (Wildman–Crippen LogP) is 1.92. The summed E-state index contributed by atoms with van der Waals surface area (Å²) in [7, 11) is 0. The SMILES string of the molecule is CC1(C)[C@H](CN)[C@H]1c1ncccc1F. The minimum Gasteiger partial charge on any atom is -0.330 e. The highest BCUT2D eigenvalue weighted by Gasteiger charge is 2.58. The van der Waals surface area contributed by atoms with Gasteiger partial charge in [0.05, 0.1) is 5.69 Å². The van der Waals surface area contributed by atoms with Crippen molar-refractivity contribution in [3.8, 4) is 0 Å². The molecule has 14 heavy (non-hydrogen) atoms. The molecule has 76 valence electrons. The van der Waals surface area contributed by atoms with E-state index in [1.807, 2.05) is 0 Å². The Morgan fingerprint density at radius 1 is 1.57 bits per heavy atom.